The van der Waals surface area contributed by atoms with Crippen LogP contribution in [0.5, 0.6) is 0 Å². The summed E-state index contributed by atoms with van der Waals surface area (Å²) in [7, 11) is 0. The smallest absolute Gasteiger partial charge is 0.0621 e. The lowest BCUT2D eigenvalue weighted by atomic mass is 9.94. The number of aromatic nitrogens is 2. The molecule has 0 radical (unpaired) electrons. The second-order valence-electron chi connectivity index (χ2n) is 17.5. The summed E-state index contributed by atoms with van der Waals surface area (Å²) in [6.07, 6.45) is 5.51. The van der Waals surface area contributed by atoms with Gasteiger partial charge in [0.15, 0.2) is 0 Å². The van der Waals surface area contributed by atoms with Gasteiger partial charge in [-0.15, -0.1) is 0 Å². The van der Waals surface area contributed by atoms with Crippen molar-refractivity contribution < 1.29 is 0 Å². The number of para-hydroxylation sites is 4. The Morgan fingerprint density at radius 1 is 0.460 bits per heavy atom. The van der Waals surface area contributed by atoms with Crippen molar-refractivity contribution in [3.05, 3.63) is 198 Å². The van der Waals surface area contributed by atoms with E-state index >= 15 is 0 Å². The summed E-state index contributed by atoms with van der Waals surface area (Å²) in [6.45, 7) is 6.85. The van der Waals surface area contributed by atoms with Gasteiger partial charge in [-0.1, -0.05) is 130 Å². The van der Waals surface area contributed by atoms with Gasteiger partial charge in [0.25, 0.3) is 0 Å². The van der Waals surface area contributed by atoms with Gasteiger partial charge in [0.1, 0.15) is 0 Å². The fourth-order valence-electron chi connectivity index (χ4n) is 11.2. The number of hydrogen-bond acceptors (Lipinski definition) is 2. The zero-order valence-electron chi connectivity index (χ0n) is 35.8. The van der Waals surface area contributed by atoms with Crippen LogP contribution < -0.4 is 20.4 Å². The molecule has 0 spiro atoms. The minimum absolute atomic E-state index is 0.320. The fourth-order valence-corrected chi connectivity index (χ4v) is 11.2. The quantitative estimate of drug-likeness (QED) is 0.152. The van der Waals surface area contributed by atoms with Gasteiger partial charge in [0, 0.05) is 77.3 Å². The molecule has 0 amide bonds. The van der Waals surface area contributed by atoms with E-state index in [9.17, 15) is 0 Å². The van der Waals surface area contributed by atoms with Crippen molar-refractivity contribution in [3.63, 3.8) is 0 Å². The van der Waals surface area contributed by atoms with Crippen LogP contribution in [0.2, 0.25) is 0 Å². The first-order chi connectivity index (χ1) is 31.1. The average Bonchev–Trinajstić information content (AvgIpc) is 4.07. The lowest BCUT2D eigenvalue weighted by Crippen LogP contribution is -2.38. The van der Waals surface area contributed by atoms with Crippen LogP contribution in [0.3, 0.4) is 0 Å². The standard InChI is InChI=1S/C59H46N4/c1-4-38-26-30-42(31-27-38)60(40-15-8-6-9-16-40)50-23-14-24-51-55(50)46-21-12-19-44-48-36-54-49(35-53(48)62(51)58(44)46)45-20-13-22-47-56-52(63(54)59(45)47)34-25-37(3)57(56)61(41-17-10-7-11-18-41)43-32-28-39(5-2)29-33-43/h6-24,26-37H,4-5,25H2,1-3H3. The summed E-state index contributed by atoms with van der Waals surface area (Å²) < 4.78 is 5.14. The normalized spacial score (nSPS) is 14.3. The van der Waals surface area contributed by atoms with Gasteiger partial charge in [-0.3, -0.25) is 0 Å². The number of fused-ring (bicyclic) bond motifs is 12. The first-order valence-electron chi connectivity index (χ1n) is 22.6. The first-order valence-corrected chi connectivity index (χ1v) is 22.6. The molecule has 0 N–H and O–H groups in total. The summed E-state index contributed by atoms with van der Waals surface area (Å²) in [6, 6.07) is 65.8. The lowest BCUT2D eigenvalue weighted by molar-refractivity contribution is 0.752. The molecule has 13 rings (SSSR count). The highest BCUT2D eigenvalue weighted by atomic mass is 15.2. The van der Waals surface area contributed by atoms with E-state index in [2.05, 4.69) is 221 Å². The predicted octanol–water partition coefficient (Wildman–Crippen LogP) is 14.2. The summed E-state index contributed by atoms with van der Waals surface area (Å²) in [5.74, 6) is 0.320. The molecule has 1 aliphatic carbocycles. The molecular weight excluding hydrogens is 765 g/mol. The van der Waals surface area contributed by atoms with Crippen LogP contribution in [0.15, 0.2) is 176 Å². The summed E-state index contributed by atoms with van der Waals surface area (Å²) in [5, 5.41) is 11.7. The third kappa shape index (κ3) is 5.09. The highest BCUT2D eigenvalue weighted by Crippen LogP contribution is 2.47. The molecule has 8 aromatic carbocycles. The van der Waals surface area contributed by atoms with Gasteiger partial charge in [-0.2, -0.15) is 0 Å². The maximum Gasteiger partial charge on any atom is 0.0621 e. The molecule has 0 aliphatic heterocycles. The average molecular weight is 811 g/mol. The van der Waals surface area contributed by atoms with Crippen LogP contribution >= 0.6 is 0 Å². The summed E-state index contributed by atoms with van der Waals surface area (Å²) >= 11 is 0. The van der Waals surface area contributed by atoms with Crippen molar-refractivity contribution in [3.8, 4) is 0 Å². The molecule has 4 nitrogen and oxygen atoms in total. The Balaban J connectivity index is 1.09. The van der Waals surface area contributed by atoms with Crippen LogP contribution in [0, 0.1) is 5.92 Å². The van der Waals surface area contributed by atoms with Gasteiger partial charge in [-0.25, -0.2) is 0 Å². The van der Waals surface area contributed by atoms with E-state index in [1.807, 2.05) is 0 Å². The molecule has 0 saturated carbocycles. The minimum Gasteiger partial charge on any atom is -0.313 e. The van der Waals surface area contributed by atoms with E-state index < -0.39 is 0 Å². The van der Waals surface area contributed by atoms with E-state index in [4.69, 9.17) is 0 Å². The molecule has 1 atom stereocenters. The number of nitrogens with zero attached hydrogens (tertiary/aromatic N) is 4. The van der Waals surface area contributed by atoms with Gasteiger partial charge >= 0.3 is 0 Å². The highest BCUT2D eigenvalue weighted by Gasteiger charge is 2.29. The van der Waals surface area contributed by atoms with Crippen LogP contribution in [0.25, 0.3) is 77.1 Å². The van der Waals surface area contributed by atoms with Crippen molar-refractivity contribution in [1.29, 1.82) is 0 Å². The largest absolute Gasteiger partial charge is 0.313 e. The molecule has 12 aromatic rings. The van der Waals surface area contributed by atoms with Gasteiger partial charge in [0.2, 0.25) is 0 Å². The highest BCUT2D eigenvalue weighted by molar-refractivity contribution is 6.28. The number of benzene rings is 8. The Morgan fingerprint density at radius 3 is 1.59 bits per heavy atom. The third-order valence-electron chi connectivity index (χ3n) is 14.1. The van der Waals surface area contributed by atoms with Crippen molar-refractivity contribution in [2.45, 2.75) is 40.0 Å². The van der Waals surface area contributed by atoms with Crippen molar-refractivity contribution in [2.24, 2.45) is 5.92 Å². The van der Waals surface area contributed by atoms with E-state index in [1.54, 1.807) is 0 Å². The van der Waals surface area contributed by atoms with Crippen LogP contribution in [-0.2, 0) is 12.8 Å². The topological polar surface area (TPSA) is 15.3 Å². The molecule has 1 aliphatic rings. The van der Waals surface area contributed by atoms with Crippen molar-refractivity contribution >= 4 is 105 Å². The minimum atomic E-state index is 0.320. The molecule has 1 unspecified atom stereocenters. The fraction of sp³-hybridized carbons (Fsp3) is 0.119. The van der Waals surface area contributed by atoms with E-state index in [-0.39, 0.29) is 0 Å². The number of rotatable bonds is 8. The molecule has 0 saturated heterocycles. The SMILES string of the molecule is CCc1ccc(N(C2=c3c(n4c5cc6c7cccc8c9c(N(c%10ccccc%10)c%10ccc(CC)cc%10)cccc9n(c6cc5c5cccc3c54)c78)=CCC2C)c2ccccc2)cc1. The van der Waals surface area contributed by atoms with E-state index in [0.29, 0.717) is 5.92 Å². The summed E-state index contributed by atoms with van der Waals surface area (Å²) in [5.41, 5.74) is 16.3. The Bertz CT molecular complexity index is 3840. The molecule has 302 valence electrons. The van der Waals surface area contributed by atoms with Crippen molar-refractivity contribution in [2.75, 3.05) is 9.80 Å². The molecule has 63 heavy (non-hydrogen) atoms. The van der Waals surface area contributed by atoms with Gasteiger partial charge in [0.05, 0.1) is 38.6 Å². The molecule has 4 aromatic heterocycles. The molecule has 4 heterocycles. The van der Waals surface area contributed by atoms with Crippen LogP contribution in [0.1, 0.15) is 38.3 Å². The third-order valence-corrected chi connectivity index (χ3v) is 14.1. The summed E-state index contributed by atoms with van der Waals surface area (Å²) in [4.78, 5) is 4.96. The zero-order valence-corrected chi connectivity index (χ0v) is 35.8. The number of hydrogen-bond donors (Lipinski definition) is 0. The van der Waals surface area contributed by atoms with E-state index in [1.165, 1.54) is 110 Å². The van der Waals surface area contributed by atoms with Crippen LogP contribution in [0.4, 0.5) is 28.4 Å². The number of aryl methyl sites for hydroxylation is 2. The maximum absolute atomic E-state index is 2.59. The lowest BCUT2D eigenvalue weighted by Gasteiger charge is -2.32. The molecule has 0 bridgehead atoms. The zero-order chi connectivity index (χ0) is 41.9. The van der Waals surface area contributed by atoms with Gasteiger partial charge < -0.3 is 18.6 Å². The monoisotopic (exact) mass is 810 g/mol. The Hall–Kier alpha value is -7.56. The molecule has 0 fully saturated rings. The van der Waals surface area contributed by atoms with Gasteiger partial charge in [-0.05, 0) is 103 Å². The molecular formula is C59H46N4. The van der Waals surface area contributed by atoms with Crippen LogP contribution in [-0.4, -0.2) is 8.80 Å². The Morgan fingerprint density at radius 2 is 0.968 bits per heavy atom. The number of anilines is 5. The second kappa shape index (κ2) is 13.7. The maximum atomic E-state index is 2.59. The Kier molecular flexibility index (Phi) is 7.87. The first kappa shape index (κ1) is 36.1. The predicted molar refractivity (Wildman–Crippen MR) is 268 cm³/mol. The second-order valence-corrected chi connectivity index (χ2v) is 17.5. The molecule has 4 heteroatoms. The Labute approximate surface area is 366 Å². The van der Waals surface area contributed by atoms with E-state index in [0.717, 1.165) is 30.6 Å². The van der Waals surface area contributed by atoms with Crippen molar-refractivity contribution in [1.82, 2.24) is 8.80 Å².